The summed E-state index contributed by atoms with van der Waals surface area (Å²) in [6.07, 6.45) is 1.54. The van der Waals surface area contributed by atoms with E-state index in [0.717, 1.165) is 0 Å². The predicted molar refractivity (Wildman–Crippen MR) is 142 cm³/mol. The van der Waals surface area contributed by atoms with Gasteiger partial charge in [-0.25, -0.2) is 17.6 Å². The van der Waals surface area contributed by atoms with E-state index < -0.39 is 21.9 Å². The second kappa shape index (κ2) is 10.5. The molecular weight excluding hydrogens is 509 g/mol. The number of hydrogen-bond donors (Lipinski definition) is 2. The van der Waals surface area contributed by atoms with Crippen LogP contribution >= 0.6 is 0 Å². The molecule has 38 heavy (non-hydrogen) atoms. The molecule has 0 radical (unpaired) electrons. The fourth-order valence-electron chi connectivity index (χ4n) is 4.24. The summed E-state index contributed by atoms with van der Waals surface area (Å²) in [6.45, 7) is 1.21. The van der Waals surface area contributed by atoms with Crippen molar-refractivity contribution in [3.8, 4) is 0 Å². The summed E-state index contributed by atoms with van der Waals surface area (Å²) in [6, 6.07) is 20.1. The normalized spacial score (nSPS) is 13.8. The van der Waals surface area contributed by atoms with E-state index in [1.807, 2.05) is 0 Å². The number of urea groups is 1. The summed E-state index contributed by atoms with van der Waals surface area (Å²) in [5, 5.41) is 3.26. The van der Waals surface area contributed by atoms with Crippen LogP contribution in [0.4, 0.5) is 20.6 Å². The number of anilines is 2. The number of para-hydroxylation sites is 2. The van der Waals surface area contributed by atoms with Gasteiger partial charge in [-0.15, -0.1) is 0 Å². The van der Waals surface area contributed by atoms with E-state index in [0.29, 0.717) is 48.3 Å². The average Bonchev–Trinajstić information content (AvgIpc) is 2.94. The molecule has 1 saturated heterocycles. The molecule has 4 aromatic rings. The lowest BCUT2D eigenvalue weighted by atomic mass is 10.1. The highest BCUT2D eigenvalue weighted by molar-refractivity contribution is 7.93. The number of fused-ring (bicyclic) bond motifs is 1. The highest BCUT2D eigenvalue weighted by atomic mass is 32.2. The maximum atomic E-state index is 13.8. The quantitative estimate of drug-likeness (QED) is 0.400. The Bertz CT molecular complexity index is 1600. The number of benzene rings is 3. The molecule has 0 saturated carbocycles. The monoisotopic (exact) mass is 533 g/mol. The first kappa shape index (κ1) is 25.2. The van der Waals surface area contributed by atoms with Crippen molar-refractivity contribution >= 4 is 44.2 Å². The van der Waals surface area contributed by atoms with Crippen molar-refractivity contribution in [1.82, 2.24) is 14.8 Å². The molecular formula is C27H24FN5O4S. The van der Waals surface area contributed by atoms with Crippen LogP contribution in [0, 0.1) is 5.82 Å². The molecule has 3 amide bonds. The molecule has 9 nitrogen and oxygen atoms in total. The lowest BCUT2D eigenvalue weighted by Crippen LogP contribution is -2.51. The molecule has 194 valence electrons. The van der Waals surface area contributed by atoms with Crippen molar-refractivity contribution in [1.29, 1.82) is 0 Å². The van der Waals surface area contributed by atoms with E-state index in [-0.39, 0.29) is 16.5 Å². The van der Waals surface area contributed by atoms with Crippen LogP contribution in [-0.2, 0) is 10.0 Å². The van der Waals surface area contributed by atoms with Gasteiger partial charge in [-0.2, -0.15) is 0 Å². The standard InChI is InChI=1S/C27H24FN5O4S/c28-22-7-1-2-8-23(22)30-27(35)33-17-15-32(16-18-33)26(34)20-10-12-21(13-11-20)31-38(36,37)24-9-3-5-19-6-4-14-29-25(19)24/h1-14,31H,15-18H2,(H,30,35). The topological polar surface area (TPSA) is 112 Å². The van der Waals surface area contributed by atoms with E-state index in [9.17, 15) is 22.4 Å². The van der Waals surface area contributed by atoms with Crippen LogP contribution in [0.1, 0.15) is 10.4 Å². The molecule has 1 aliphatic heterocycles. The zero-order valence-electron chi connectivity index (χ0n) is 20.2. The fourth-order valence-corrected chi connectivity index (χ4v) is 5.48. The number of sulfonamides is 1. The molecule has 0 aliphatic carbocycles. The molecule has 11 heteroatoms. The van der Waals surface area contributed by atoms with Gasteiger partial charge in [-0.3, -0.25) is 14.5 Å². The number of amides is 3. The Balaban J connectivity index is 1.20. The Hall–Kier alpha value is -4.51. The number of nitrogens with zero attached hydrogens (tertiary/aromatic N) is 3. The van der Waals surface area contributed by atoms with Gasteiger partial charge in [-0.05, 0) is 48.5 Å². The van der Waals surface area contributed by atoms with Gasteiger partial charge in [0.05, 0.1) is 11.2 Å². The van der Waals surface area contributed by atoms with Gasteiger partial charge < -0.3 is 15.1 Å². The lowest BCUT2D eigenvalue weighted by Gasteiger charge is -2.34. The number of nitrogens with one attached hydrogen (secondary N) is 2. The first-order chi connectivity index (χ1) is 18.3. The number of rotatable bonds is 5. The van der Waals surface area contributed by atoms with Crippen molar-refractivity contribution in [2.45, 2.75) is 4.90 Å². The number of aromatic nitrogens is 1. The Morgan fingerprint density at radius 3 is 2.24 bits per heavy atom. The minimum Gasteiger partial charge on any atom is -0.335 e. The fraction of sp³-hybridized carbons (Fsp3) is 0.148. The minimum absolute atomic E-state index is 0.0627. The lowest BCUT2D eigenvalue weighted by molar-refractivity contribution is 0.0671. The van der Waals surface area contributed by atoms with E-state index in [1.165, 1.54) is 41.4 Å². The van der Waals surface area contributed by atoms with E-state index in [4.69, 9.17) is 0 Å². The maximum absolute atomic E-state index is 13.8. The van der Waals surface area contributed by atoms with Crippen LogP contribution in [0.5, 0.6) is 0 Å². The van der Waals surface area contributed by atoms with Gasteiger partial charge >= 0.3 is 6.03 Å². The highest BCUT2D eigenvalue weighted by Crippen LogP contribution is 2.24. The molecule has 2 heterocycles. The zero-order chi connectivity index (χ0) is 26.7. The third-order valence-electron chi connectivity index (χ3n) is 6.24. The molecule has 2 N–H and O–H groups in total. The maximum Gasteiger partial charge on any atom is 0.322 e. The van der Waals surface area contributed by atoms with Crippen LogP contribution < -0.4 is 10.0 Å². The number of hydrogen-bond acceptors (Lipinski definition) is 5. The number of halogens is 1. The minimum atomic E-state index is -3.91. The summed E-state index contributed by atoms with van der Waals surface area (Å²) < 4.78 is 42.4. The van der Waals surface area contributed by atoms with E-state index in [2.05, 4.69) is 15.0 Å². The zero-order valence-corrected chi connectivity index (χ0v) is 21.0. The Labute approximate surface area is 218 Å². The second-order valence-corrected chi connectivity index (χ2v) is 10.4. The predicted octanol–water partition coefficient (Wildman–Crippen LogP) is 4.16. The molecule has 3 aromatic carbocycles. The van der Waals surface area contributed by atoms with Gasteiger partial charge in [0, 0.05) is 49.0 Å². The number of carbonyl (C=O) groups is 2. The molecule has 0 unspecified atom stereocenters. The number of pyridine rings is 1. The molecule has 0 bridgehead atoms. The molecule has 1 aromatic heterocycles. The number of piperazine rings is 1. The molecule has 1 fully saturated rings. The third kappa shape index (κ3) is 5.28. The summed E-state index contributed by atoms with van der Waals surface area (Å²) in [7, 11) is -3.91. The van der Waals surface area contributed by atoms with Crippen molar-refractivity contribution in [3.63, 3.8) is 0 Å². The molecule has 1 aliphatic rings. The largest absolute Gasteiger partial charge is 0.335 e. The van der Waals surface area contributed by atoms with Gasteiger partial charge in [0.2, 0.25) is 0 Å². The van der Waals surface area contributed by atoms with Crippen LogP contribution in [0.2, 0.25) is 0 Å². The molecule has 0 spiro atoms. The van der Waals surface area contributed by atoms with Crippen LogP contribution in [-0.4, -0.2) is 61.3 Å². The number of carbonyl (C=O) groups excluding carboxylic acids is 2. The summed E-state index contributed by atoms with van der Waals surface area (Å²) in [5.41, 5.74) is 1.17. The van der Waals surface area contributed by atoms with Crippen molar-refractivity contribution < 1.29 is 22.4 Å². The highest BCUT2D eigenvalue weighted by Gasteiger charge is 2.25. The van der Waals surface area contributed by atoms with Gasteiger partial charge in [0.15, 0.2) is 0 Å². The SMILES string of the molecule is O=C(Nc1ccccc1F)N1CCN(C(=O)c2ccc(NS(=O)(=O)c3cccc4cccnc34)cc2)CC1. The van der Waals surface area contributed by atoms with Crippen LogP contribution in [0.25, 0.3) is 10.9 Å². The van der Waals surface area contributed by atoms with Crippen molar-refractivity contribution in [2.75, 3.05) is 36.2 Å². The average molecular weight is 534 g/mol. The van der Waals surface area contributed by atoms with Crippen molar-refractivity contribution in [2.24, 2.45) is 0 Å². The van der Waals surface area contributed by atoms with Crippen molar-refractivity contribution in [3.05, 3.63) is 96.4 Å². The van der Waals surface area contributed by atoms with Crippen LogP contribution in [0.3, 0.4) is 0 Å². The Morgan fingerprint density at radius 2 is 1.50 bits per heavy atom. The van der Waals surface area contributed by atoms with E-state index >= 15 is 0 Å². The van der Waals surface area contributed by atoms with Crippen LogP contribution in [0.15, 0.2) is 90.0 Å². The smallest absolute Gasteiger partial charge is 0.322 e. The van der Waals surface area contributed by atoms with E-state index in [1.54, 1.807) is 53.4 Å². The molecule has 0 atom stereocenters. The summed E-state index contributed by atoms with van der Waals surface area (Å²) in [5.74, 6) is -0.749. The van der Waals surface area contributed by atoms with Gasteiger partial charge in [-0.1, -0.05) is 30.3 Å². The Kier molecular flexibility index (Phi) is 6.93. The Morgan fingerprint density at radius 1 is 0.816 bits per heavy atom. The first-order valence-electron chi connectivity index (χ1n) is 11.9. The third-order valence-corrected chi connectivity index (χ3v) is 7.65. The summed E-state index contributed by atoms with van der Waals surface area (Å²) >= 11 is 0. The van der Waals surface area contributed by atoms with Gasteiger partial charge in [0.25, 0.3) is 15.9 Å². The first-order valence-corrected chi connectivity index (χ1v) is 13.4. The second-order valence-electron chi connectivity index (χ2n) is 8.70. The molecule has 5 rings (SSSR count). The van der Waals surface area contributed by atoms with Gasteiger partial charge in [0.1, 0.15) is 10.7 Å². The summed E-state index contributed by atoms with van der Waals surface area (Å²) in [4.78, 5) is 32.9.